The van der Waals surface area contributed by atoms with Crippen molar-refractivity contribution in [2.45, 2.75) is 25.8 Å². The first-order chi connectivity index (χ1) is 12.7. The molecule has 1 N–H and O–H groups in total. The Bertz CT molecular complexity index is 703. The summed E-state index contributed by atoms with van der Waals surface area (Å²) in [5.41, 5.74) is 0.145. The minimum atomic E-state index is 0.145. The summed E-state index contributed by atoms with van der Waals surface area (Å²) in [5.74, 6) is 2.51. The third kappa shape index (κ3) is 4.30. The van der Waals surface area contributed by atoms with Crippen LogP contribution in [-0.4, -0.2) is 56.1 Å². The van der Waals surface area contributed by atoms with Gasteiger partial charge < -0.3 is 19.5 Å². The Morgan fingerprint density at radius 1 is 1.19 bits per heavy atom. The highest BCUT2D eigenvalue weighted by atomic mass is 16.4. The van der Waals surface area contributed by atoms with E-state index in [1.807, 2.05) is 25.3 Å². The van der Waals surface area contributed by atoms with E-state index < -0.39 is 0 Å². The van der Waals surface area contributed by atoms with Crippen molar-refractivity contribution in [2.75, 3.05) is 51.2 Å². The van der Waals surface area contributed by atoms with E-state index in [0.29, 0.717) is 5.82 Å². The molecule has 0 bridgehead atoms. The fraction of sp³-hybridized carbons (Fsp3) is 0.579. The molecule has 2 saturated heterocycles. The summed E-state index contributed by atoms with van der Waals surface area (Å²) in [5, 5.41) is 21.3. The molecule has 2 aliphatic rings. The van der Waals surface area contributed by atoms with E-state index in [1.54, 1.807) is 0 Å². The van der Waals surface area contributed by atoms with Gasteiger partial charge in [-0.3, -0.25) is 4.90 Å². The van der Waals surface area contributed by atoms with Crippen molar-refractivity contribution in [3.8, 4) is 12.1 Å². The molecule has 138 valence electrons. The Balaban J connectivity index is 1.54. The van der Waals surface area contributed by atoms with Gasteiger partial charge in [0.25, 0.3) is 0 Å². The molecule has 0 aromatic carbocycles. The van der Waals surface area contributed by atoms with E-state index >= 15 is 0 Å². The number of allylic oxidation sites excluding steroid dienone is 1. The standard InChI is InChI=1S/C19H26N6O/c1-23(11-12-25-10-7-22-19(25)16(13-20)14-21)18-6-5-17(26-18)15-24-8-3-2-4-9-24/h5-6,22H,2-4,7-12,15H2,1H3. The second kappa shape index (κ2) is 8.64. The summed E-state index contributed by atoms with van der Waals surface area (Å²) in [6.07, 6.45) is 3.89. The molecule has 7 nitrogen and oxygen atoms in total. The number of piperidine rings is 1. The van der Waals surface area contributed by atoms with Gasteiger partial charge in [0.1, 0.15) is 23.7 Å². The number of likely N-dealkylation sites (tertiary alicyclic amines) is 1. The maximum absolute atomic E-state index is 9.07. The van der Waals surface area contributed by atoms with Gasteiger partial charge in [0.2, 0.25) is 0 Å². The third-order valence-electron chi connectivity index (χ3n) is 5.01. The Morgan fingerprint density at radius 3 is 2.69 bits per heavy atom. The number of anilines is 1. The van der Waals surface area contributed by atoms with Crippen molar-refractivity contribution in [2.24, 2.45) is 0 Å². The highest BCUT2D eigenvalue weighted by Gasteiger charge is 2.21. The average Bonchev–Trinajstić information content (AvgIpc) is 3.32. The van der Waals surface area contributed by atoms with E-state index in [-0.39, 0.29) is 5.57 Å². The van der Waals surface area contributed by atoms with Gasteiger partial charge in [-0.1, -0.05) is 6.42 Å². The summed E-state index contributed by atoms with van der Waals surface area (Å²) < 4.78 is 6.01. The summed E-state index contributed by atoms with van der Waals surface area (Å²) in [7, 11) is 2.01. The van der Waals surface area contributed by atoms with Crippen molar-refractivity contribution >= 4 is 5.88 Å². The quantitative estimate of drug-likeness (QED) is 0.781. The van der Waals surface area contributed by atoms with Gasteiger partial charge >= 0.3 is 0 Å². The molecular weight excluding hydrogens is 328 g/mol. The predicted molar refractivity (Wildman–Crippen MR) is 98.9 cm³/mol. The minimum absolute atomic E-state index is 0.145. The second-order valence-corrected chi connectivity index (χ2v) is 6.86. The van der Waals surface area contributed by atoms with Crippen LogP contribution in [0.4, 0.5) is 5.88 Å². The molecule has 2 fully saturated rings. The van der Waals surface area contributed by atoms with Gasteiger partial charge in [-0.2, -0.15) is 10.5 Å². The molecule has 0 atom stereocenters. The average molecular weight is 354 g/mol. The Kier molecular flexibility index (Phi) is 6.04. The van der Waals surface area contributed by atoms with Gasteiger partial charge in [-0.05, 0) is 32.0 Å². The van der Waals surface area contributed by atoms with Gasteiger partial charge in [-0.25, -0.2) is 0 Å². The zero-order valence-corrected chi connectivity index (χ0v) is 15.4. The Labute approximate surface area is 155 Å². The number of rotatable bonds is 6. The molecular formula is C19H26N6O. The first-order valence-electron chi connectivity index (χ1n) is 9.27. The van der Waals surface area contributed by atoms with Crippen molar-refractivity contribution in [1.82, 2.24) is 15.1 Å². The van der Waals surface area contributed by atoms with Crippen LogP contribution in [-0.2, 0) is 6.54 Å². The van der Waals surface area contributed by atoms with Crippen LogP contribution < -0.4 is 10.2 Å². The molecule has 26 heavy (non-hydrogen) atoms. The summed E-state index contributed by atoms with van der Waals surface area (Å²) in [6.45, 7) is 6.23. The van der Waals surface area contributed by atoms with Crippen LogP contribution in [0.5, 0.6) is 0 Å². The van der Waals surface area contributed by atoms with E-state index in [0.717, 1.165) is 57.5 Å². The van der Waals surface area contributed by atoms with Gasteiger partial charge in [-0.15, -0.1) is 0 Å². The normalized spacial score (nSPS) is 17.5. The maximum Gasteiger partial charge on any atom is 0.195 e. The van der Waals surface area contributed by atoms with E-state index in [4.69, 9.17) is 14.9 Å². The summed E-state index contributed by atoms with van der Waals surface area (Å²) >= 11 is 0. The zero-order chi connectivity index (χ0) is 18.4. The summed E-state index contributed by atoms with van der Waals surface area (Å²) in [4.78, 5) is 6.58. The van der Waals surface area contributed by atoms with Crippen molar-refractivity contribution in [3.63, 3.8) is 0 Å². The molecule has 0 unspecified atom stereocenters. The second-order valence-electron chi connectivity index (χ2n) is 6.86. The molecule has 3 heterocycles. The number of hydrogen-bond acceptors (Lipinski definition) is 7. The molecule has 3 rings (SSSR count). The van der Waals surface area contributed by atoms with E-state index in [9.17, 15) is 0 Å². The monoisotopic (exact) mass is 354 g/mol. The molecule has 0 aliphatic carbocycles. The van der Waals surface area contributed by atoms with Crippen LogP contribution in [0.3, 0.4) is 0 Å². The number of hydrogen-bond donors (Lipinski definition) is 1. The van der Waals surface area contributed by atoms with Crippen LogP contribution in [0.2, 0.25) is 0 Å². The molecule has 0 amide bonds. The van der Waals surface area contributed by atoms with E-state index in [2.05, 4.69) is 26.1 Å². The van der Waals surface area contributed by atoms with Crippen LogP contribution in [0.1, 0.15) is 25.0 Å². The predicted octanol–water partition coefficient (Wildman–Crippen LogP) is 1.87. The van der Waals surface area contributed by atoms with Gasteiger partial charge in [0.15, 0.2) is 11.5 Å². The first-order valence-corrected chi connectivity index (χ1v) is 9.27. The van der Waals surface area contributed by atoms with Gasteiger partial charge in [0, 0.05) is 39.3 Å². The lowest BCUT2D eigenvalue weighted by atomic mass is 10.1. The summed E-state index contributed by atoms with van der Waals surface area (Å²) in [6, 6.07) is 8.01. The Hall–Kier alpha value is -2.64. The SMILES string of the molecule is CN(CCN1CCNC1=C(C#N)C#N)c1ccc(CN2CCCCC2)o1. The smallest absolute Gasteiger partial charge is 0.195 e. The van der Waals surface area contributed by atoms with Crippen LogP contribution in [0, 0.1) is 22.7 Å². The molecule has 0 spiro atoms. The minimum Gasteiger partial charge on any atom is -0.444 e. The van der Waals surface area contributed by atoms with Crippen LogP contribution in [0.25, 0.3) is 0 Å². The number of nitriles is 2. The van der Waals surface area contributed by atoms with Crippen molar-refractivity contribution < 1.29 is 4.42 Å². The topological polar surface area (TPSA) is 82.5 Å². The Morgan fingerprint density at radius 2 is 1.96 bits per heavy atom. The number of nitrogens with zero attached hydrogens (tertiary/aromatic N) is 5. The van der Waals surface area contributed by atoms with Gasteiger partial charge in [0.05, 0.1) is 6.54 Å². The largest absolute Gasteiger partial charge is 0.444 e. The molecule has 1 aromatic rings. The molecule has 0 radical (unpaired) electrons. The fourth-order valence-electron chi connectivity index (χ4n) is 3.51. The van der Waals surface area contributed by atoms with Crippen LogP contribution >= 0.6 is 0 Å². The zero-order valence-electron chi connectivity index (χ0n) is 15.4. The fourth-order valence-corrected chi connectivity index (χ4v) is 3.51. The van der Waals surface area contributed by atoms with E-state index in [1.165, 1.54) is 19.3 Å². The highest BCUT2D eigenvalue weighted by Crippen LogP contribution is 2.21. The first kappa shape index (κ1) is 18.2. The lowest BCUT2D eigenvalue weighted by Crippen LogP contribution is -2.32. The number of nitrogens with one attached hydrogen (secondary N) is 1. The lowest BCUT2D eigenvalue weighted by Gasteiger charge is -2.25. The third-order valence-corrected chi connectivity index (χ3v) is 5.01. The molecule has 2 aliphatic heterocycles. The van der Waals surface area contributed by atoms with Crippen molar-refractivity contribution in [3.05, 3.63) is 29.3 Å². The number of furan rings is 1. The van der Waals surface area contributed by atoms with Crippen LogP contribution in [0.15, 0.2) is 27.9 Å². The molecule has 7 heteroatoms. The molecule has 1 aromatic heterocycles. The highest BCUT2D eigenvalue weighted by molar-refractivity contribution is 5.40. The maximum atomic E-state index is 9.07. The number of likely N-dealkylation sites (N-methyl/N-ethyl adjacent to an activating group) is 1. The van der Waals surface area contributed by atoms with Crippen molar-refractivity contribution in [1.29, 1.82) is 10.5 Å². The molecule has 0 saturated carbocycles. The lowest BCUT2D eigenvalue weighted by molar-refractivity contribution is 0.205.